The molecule has 5 heteroatoms. The van der Waals surface area contributed by atoms with Gasteiger partial charge in [0.2, 0.25) is 0 Å². The summed E-state index contributed by atoms with van der Waals surface area (Å²) >= 11 is 0. The van der Waals surface area contributed by atoms with Gasteiger partial charge in [0.25, 0.3) is 5.91 Å². The highest BCUT2D eigenvalue weighted by atomic mass is 16.5. The fourth-order valence-electron chi connectivity index (χ4n) is 3.51. The van der Waals surface area contributed by atoms with Crippen LogP contribution in [0.3, 0.4) is 0 Å². The lowest BCUT2D eigenvalue weighted by Crippen LogP contribution is -2.26. The first kappa shape index (κ1) is 19.7. The van der Waals surface area contributed by atoms with Gasteiger partial charge in [-0.2, -0.15) is 0 Å². The first-order valence-electron chi connectivity index (χ1n) is 10.2. The number of hydrogen-bond donors (Lipinski definition) is 1. The van der Waals surface area contributed by atoms with Crippen molar-refractivity contribution in [2.75, 3.05) is 13.2 Å². The number of benzene rings is 3. The topological polar surface area (TPSA) is 56.1 Å². The highest BCUT2D eigenvalue weighted by Gasteiger charge is 2.12. The number of ether oxygens (including phenoxy) is 1. The van der Waals surface area contributed by atoms with E-state index in [9.17, 15) is 4.79 Å². The zero-order valence-corrected chi connectivity index (χ0v) is 17.0. The van der Waals surface area contributed by atoms with Gasteiger partial charge in [-0.1, -0.05) is 48.5 Å². The molecular formula is C25H25N3O2. The van der Waals surface area contributed by atoms with Crippen molar-refractivity contribution in [3.63, 3.8) is 0 Å². The molecule has 3 aromatic carbocycles. The van der Waals surface area contributed by atoms with Crippen LogP contribution in [0, 0.1) is 6.92 Å². The fraction of sp³-hybridized carbons (Fsp3) is 0.200. The van der Waals surface area contributed by atoms with Crippen LogP contribution in [-0.4, -0.2) is 28.6 Å². The predicted octanol–water partition coefficient (Wildman–Crippen LogP) is 4.40. The second-order valence-electron chi connectivity index (χ2n) is 7.15. The molecule has 0 aliphatic heterocycles. The molecule has 0 radical (unpaired) electrons. The molecule has 0 saturated heterocycles. The fourth-order valence-corrected chi connectivity index (χ4v) is 3.51. The number of nitrogens with one attached hydrogen (secondary N) is 1. The standard InChI is InChI=1S/C25H25N3O2/c1-19-9-5-8-14-23(19)30-18-17-28-22-13-7-6-12-21(22)27-24(28)15-16-26-25(29)20-10-3-2-4-11-20/h2-14H,15-18H2,1H3,(H,26,29). The van der Waals surface area contributed by atoms with E-state index in [1.807, 2.05) is 79.7 Å². The predicted molar refractivity (Wildman–Crippen MR) is 119 cm³/mol. The average Bonchev–Trinajstić information content (AvgIpc) is 3.13. The van der Waals surface area contributed by atoms with E-state index in [0.29, 0.717) is 31.7 Å². The Kier molecular flexibility index (Phi) is 6.09. The van der Waals surface area contributed by atoms with E-state index in [4.69, 9.17) is 9.72 Å². The number of rotatable bonds is 8. The number of aryl methyl sites for hydroxylation is 1. The Bertz CT molecular complexity index is 1140. The van der Waals surface area contributed by atoms with Gasteiger partial charge < -0.3 is 14.6 Å². The monoisotopic (exact) mass is 399 g/mol. The summed E-state index contributed by atoms with van der Waals surface area (Å²) in [5, 5.41) is 2.98. The molecule has 0 atom stereocenters. The minimum absolute atomic E-state index is 0.0684. The number of carbonyl (C=O) groups is 1. The summed E-state index contributed by atoms with van der Waals surface area (Å²) in [7, 11) is 0. The van der Waals surface area contributed by atoms with E-state index in [-0.39, 0.29) is 5.91 Å². The zero-order valence-electron chi connectivity index (χ0n) is 17.0. The first-order chi connectivity index (χ1) is 14.7. The summed E-state index contributed by atoms with van der Waals surface area (Å²) in [4.78, 5) is 17.1. The molecule has 0 bridgehead atoms. The van der Waals surface area contributed by atoms with Gasteiger partial charge in [0.15, 0.2) is 0 Å². The van der Waals surface area contributed by atoms with Gasteiger partial charge in [0, 0.05) is 18.5 Å². The van der Waals surface area contributed by atoms with Gasteiger partial charge in [0.1, 0.15) is 18.2 Å². The lowest BCUT2D eigenvalue weighted by molar-refractivity contribution is 0.0954. The Morgan fingerprint density at radius 1 is 0.967 bits per heavy atom. The smallest absolute Gasteiger partial charge is 0.251 e. The van der Waals surface area contributed by atoms with Crippen molar-refractivity contribution in [3.8, 4) is 5.75 Å². The van der Waals surface area contributed by atoms with Crippen LogP contribution < -0.4 is 10.1 Å². The van der Waals surface area contributed by atoms with Crippen LogP contribution >= 0.6 is 0 Å². The number of hydrogen-bond acceptors (Lipinski definition) is 3. The van der Waals surface area contributed by atoms with E-state index >= 15 is 0 Å². The van der Waals surface area contributed by atoms with E-state index in [0.717, 1.165) is 28.2 Å². The highest BCUT2D eigenvalue weighted by molar-refractivity contribution is 5.94. The maximum atomic E-state index is 12.3. The molecule has 1 heterocycles. The second kappa shape index (κ2) is 9.27. The lowest BCUT2D eigenvalue weighted by Gasteiger charge is -2.12. The summed E-state index contributed by atoms with van der Waals surface area (Å²) in [6, 6.07) is 25.4. The molecule has 0 unspecified atom stereocenters. The number of aromatic nitrogens is 2. The molecule has 4 aromatic rings. The third-order valence-electron chi connectivity index (χ3n) is 5.07. The second-order valence-corrected chi connectivity index (χ2v) is 7.15. The van der Waals surface area contributed by atoms with E-state index in [2.05, 4.69) is 16.0 Å². The highest BCUT2D eigenvalue weighted by Crippen LogP contribution is 2.19. The van der Waals surface area contributed by atoms with Gasteiger partial charge in [-0.3, -0.25) is 4.79 Å². The quantitative estimate of drug-likeness (QED) is 0.478. The van der Waals surface area contributed by atoms with Crippen LogP contribution in [0.15, 0.2) is 78.9 Å². The molecule has 4 rings (SSSR count). The summed E-state index contributed by atoms with van der Waals surface area (Å²) in [5.74, 6) is 1.78. The Morgan fingerprint density at radius 2 is 1.70 bits per heavy atom. The normalized spacial score (nSPS) is 10.8. The number of imidazole rings is 1. The van der Waals surface area contributed by atoms with Crippen molar-refractivity contribution in [1.29, 1.82) is 0 Å². The van der Waals surface area contributed by atoms with Crippen LogP contribution in [0.4, 0.5) is 0 Å². The van der Waals surface area contributed by atoms with E-state index < -0.39 is 0 Å². The number of carbonyl (C=O) groups excluding carboxylic acids is 1. The number of amides is 1. The third kappa shape index (κ3) is 4.51. The molecule has 30 heavy (non-hydrogen) atoms. The van der Waals surface area contributed by atoms with Crippen LogP contribution in [0.1, 0.15) is 21.7 Å². The molecule has 1 aromatic heterocycles. The van der Waals surface area contributed by atoms with Crippen molar-refractivity contribution in [2.45, 2.75) is 19.9 Å². The molecule has 1 amide bonds. The summed E-state index contributed by atoms with van der Waals surface area (Å²) in [6.07, 6.45) is 0.650. The molecular weight excluding hydrogens is 374 g/mol. The molecule has 152 valence electrons. The van der Waals surface area contributed by atoms with Crippen molar-refractivity contribution < 1.29 is 9.53 Å². The Morgan fingerprint density at radius 3 is 2.53 bits per heavy atom. The van der Waals surface area contributed by atoms with Crippen LogP contribution in [0.25, 0.3) is 11.0 Å². The maximum Gasteiger partial charge on any atom is 0.251 e. The maximum absolute atomic E-state index is 12.3. The first-order valence-corrected chi connectivity index (χ1v) is 10.2. The third-order valence-corrected chi connectivity index (χ3v) is 5.07. The summed E-state index contributed by atoms with van der Waals surface area (Å²) < 4.78 is 8.18. The SMILES string of the molecule is Cc1ccccc1OCCn1c(CCNC(=O)c2ccccc2)nc2ccccc21. The average molecular weight is 399 g/mol. The Balaban J connectivity index is 1.43. The number of fused-ring (bicyclic) bond motifs is 1. The van der Waals surface area contributed by atoms with E-state index in [1.165, 1.54) is 0 Å². The van der Waals surface area contributed by atoms with Crippen LogP contribution in [0.5, 0.6) is 5.75 Å². The minimum atomic E-state index is -0.0684. The Hall–Kier alpha value is -3.60. The van der Waals surface area contributed by atoms with Crippen molar-refractivity contribution in [2.24, 2.45) is 0 Å². The van der Waals surface area contributed by atoms with Gasteiger partial charge in [-0.15, -0.1) is 0 Å². The van der Waals surface area contributed by atoms with Crippen molar-refractivity contribution >= 4 is 16.9 Å². The van der Waals surface area contributed by atoms with Gasteiger partial charge in [-0.05, 0) is 42.8 Å². The van der Waals surface area contributed by atoms with E-state index in [1.54, 1.807) is 0 Å². The number of nitrogens with zero attached hydrogens (tertiary/aromatic N) is 2. The molecule has 0 spiro atoms. The van der Waals surface area contributed by atoms with Gasteiger partial charge in [0.05, 0.1) is 17.6 Å². The largest absolute Gasteiger partial charge is 0.491 e. The molecule has 0 saturated carbocycles. The van der Waals surface area contributed by atoms with Crippen molar-refractivity contribution in [3.05, 3.63) is 95.8 Å². The Labute approximate surface area is 176 Å². The minimum Gasteiger partial charge on any atom is -0.491 e. The molecule has 0 aliphatic rings. The van der Waals surface area contributed by atoms with Crippen molar-refractivity contribution in [1.82, 2.24) is 14.9 Å². The molecule has 5 nitrogen and oxygen atoms in total. The molecule has 1 N–H and O–H groups in total. The lowest BCUT2D eigenvalue weighted by atomic mass is 10.2. The molecule has 0 aliphatic carbocycles. The zero-order chi connectivity index (χ0) is 20.8. The van der Waals surface area contributed by atoms with Crippen LogP contribution in [-0.2, 0) is 13.0 Å². The van der Waals surface area contributed by atoms with Gasteiger partial charge in [-0.25, -0.2) is 4.98 Å². The molecule has 0 fully saturated rings. The summed E-state index contributed by atoms with van der Waals surface area (Å²) in [6.45, 7) is 3.81. The summed E-state index contributed by atoms with van der Waals surface area (Å²) in [5.41, 5.74) is 3.82. The van der Waals surface area contributed by atoms with Crippen LogP contribution in [0.2, 0.25) is 0 Å². The van der Waals surface area contributed by atoms with Gasteiger partial charge >= 0.3 is 0 Å². The number of para-hydroxylation sites is 3.